The molecule has 1 aromatic rings. The Bertz CT molecular complexity index is 513. The highest BCUT2D eigenvalue weighted by molar-refractivity contribution is 7.80. The number of hydrogen-bond acceptors (Lipinski definition) is 4. The number of nitrogens with one attached hydrogen (secondary N) is 1. The number of benzene rings is 1. The number of likely N-dealkylation sites (tertiary alicyclic amines) is 1. The maximum absolute atomic E-state index is 12.2. The van der Waals surface area contributed by atoms with Crippen LogP contribution in [0, 0.1) is 5.92 Å². The lowest BCUT2D eigenvalue weighted by Crippen LogP contribution is -2.42. The van der Waals surface area contributed by atoms with Gasteiger partial charge in [-0.05, 0) is 31.9 Å². The summed E-state index contributed by atoms with van der Waals surface area (Å²) in [5, 5.41) is 2.84. The summed E-state index contributed by atoms with van der Waals surface area (Å²) >= 11 is 4.31. The van der Waals surface area contributed by atoms with E-state index in [9.17, 15) is 9.59 Å². The molecule has 0 saturated carbocycles. The molecule has 1 aliphatic heterocycles. The van der Waals surface area contributed by atoms with Gasteiger partial charge in [-0.25, -0.2) is 4.79 Å². The number of esters is 1. The molecular weight excluding hydrogens is 288 g/mol. The first kappa shape index (κ1) is 15.7. The average Bonchev–Trinajstić information content (AvgIpc) is 2.50. The summed E-state index contributed by atoms with van der Waals surface area (Å²) in [6, 6.07) is 7.20. The highest BCUT2D eigenvalue weighted by Crippen LogP contribution is 2.22. The number of hydrogen-bond donors (Lipinski definition) is 2. The van der Waals surface area contributed by atoms with Crippen molar-refractivity contribution in [2.24, 2.45) is 5.92 Å². The molecule has 1 saturated heterocycles. The maximum Gasteiger partial charge on any atom is 0.321 e. The fourth-order valence-electron chi connectivity index (χ4n) is 2.35. The lowest BCUT2D eigenvalue weighted by molar-refractivity contribution is -0.149. The molecule has 2 amide bonds. The van der Waals surface area contributed by atoms with Crippen LogP contribution < -0.4 is 5.32 Å². The summed E-state index contributed by atoms with van der Waals surface area (Å²) in [6.45, 7) is 3.32. The number of carbonyl (C=O) groups excluding carboxylic acids is 2. The van der Waals surface area contributed by atoms with Crippen molar-refractivity contribution in [1.29, 1.82) is 0 Å². The van der Waals surface area contributed by atoms with E-state index in [2.05, 4.69) is 17.9 Å². The van der Waals surface area contributed by atoms with Crippen LogP contribution in [-0.2, 0) is 9.53 Å². The first-order valence-electron chi connectivity index (χ1n) is 7.12. The highest BCUT2D eigenvalue weighted by atomic mass is 32.1. The molecule has 1 fully saturated rings. The van der Waals surface area contributed by atoms with Crippen LogP contribution in [0.5, 0.6) is 0 Å². The molecule has 21 heavy (non-hydrogen) atoms. The van der Waals surface area contributed by atoms with Gasteiger partial charge in [-0.2, -0.15) is 0 Å². The van der Waals surface area contributed by atoms with Crippen LogP contribution in [0.15, 0.2) is 29.2 Å². The molecule has 5 nitrogen and oxygen atoms in total. The third kappa shape index (κ3) is 4.14. The molecular formula is C15H20N2O3S. The quantitative estimate of drug-likeness (QED) is 0.667. The van der Waals surface area contributed by atoms with Crippen LogP contribution in [0.4, 0.5) is 10.5 Å². The Morgan fingerprint density at radius 3 is 2.62 bits per heavy atom. The van der Waals surface area contributed by atoms with Crippen LogP contribution in [0.3, 0.4) is 0 Å². The summed E-state index contributed by atoms with van der Waals surface area (Å²) in [6.07, 6.45) is 1.30. The molecule has 0 spiro atoms. The Morgan fingerprint density at radius 2 is 2.00 bits per heavy atom. The fourth-order valence-corrected chi connectivity index (χ4v) is 2.57. The lowest BCUT2D eigenvalue weighted by atomic mass is 9.97. The summed E-state index contributed by atoms with van der Waals surface area (Å²) in [4.78, 5) is 26.3. The SMILES string of the molecule is CCOC(=O)C1CCN(C(=O)Nc2ccccc2S)CC1. The Balaban J connectivity index is 1.86. The first-order valence-corrected chi connectivity index (χ1v) is 7.57. The molecule has 1 heterocycles. The van der Waals surface area contributed by atoms with Crippen molar-refractivity contribution in [2.75, 3.05) is 25.0 Å². The summed E-state index contributed by atoms with van der Waals surface area (Å²) < 4.78 is 5.02. The number of ether oxygens (including phenoxy) is 1. The molecule has 1 aliphatic rings. The maximum atomic E-state index is 12.2. The molecule has 0 aliphatic carbocycles. The zero-order valence-electron chi connectivity index (χ0n) is 12.0. The van der Waals surface area contributed by atoms with E-state index in [-0.39, 0.29) is 17.9 Å². The Kier molecular flexibility index (Phi) is 5.50. The van der Waals surface area contributed by atoms with Gasteiger partial charge < -0.3 is 15.0 Å². The first-order chi connectivity index (χ1) is 10.1. The van der Waals surface area contributed by atoms with Crippen molar-refractivity contribution >= 4 is 30.3 Å². The minimum absolute atomic E-state index is 0.0915. The molecule has 1 aromatic carbocycles. The molecule has 2 rings (SSSR count). The van der Waals surface area contributed by atoms with Gasteiger partial charge in [0.25, 0.3) is 0 Å². The molecule has 0 radical (unpaired) electrons. The number of urea groups is 1. The number of nitrogens with zero attached hydrogens (tertiary/aromatic N) is 1. The fraction of sp³-hybridized carbons (Fsp3) is 0.467. The Morgan fingerprint density at radius 1 is 1.33 bits per heavy atom. The largest absolute Gasteiger partial charge is 0.466 e. The second-order valence-corrected chi connectivity index (χ2v) is 5.44. The Labute approximate surface area is 130 Å². The molecule has 1 N–H and O–H groups in total. The second kappa shape index (κ2) is 7.36. The summed E-state index contributed by atoms with van der Waals surface area (Å²) in [5.74, 6) is -0.246. The summed E-state index contributed by atoms with van der Waals surface area (Å²) in [5.41, 5.74) is 0.693. The third-order valence-electron chi connectivity index (χ3n) is 3.55. The van der Waals surface area contributed by atoms with Gasteiger partial charge in [0.2, 0.25) is 0 Å². The molecule has 0 atom stereocenters. The predicted octanol–water partition coefficient (Wildman–Crippen LogP) is 2.78. The predicted molar refractivity (Wildman–Crippen MR) is 83.6 cm³/mol. The van der Waals surface area contributed by atoms with Crippen LogP contribution in [0.2, 0.25) is 0 Å². The zero-order chi connectivity index (χ0) is 15.2. The topological polar surface area (TPSA) is 58.6 Å². The van der Waals surface area contributed by atoms with Crippen molar-refractivity contribution in [3.05, 3.63) is 24.3 Å². The van der Waals surface area contributed by atoms with Crippen molar-refractivity contribution in [3.8, 4) is 0 Å². The van der Waals surface area contributed by atoms with E-state index >= 15 is 0 Å². The minimum atomic E-state index is -0.154. The smallest absolute Gasteiger partial charge is 0.321 e. The van der Waals surface area contributed by atoms with E-state index in [0.717, 1.165) is 4.90 Å². The lowest BCUT2D eigenvalue weighted by Gasteiger charge is -2.31. The number of carbonyl (C=O) groups is 2. The number of amides is 2. The van der Waals surface area contributed by atoms with E-state index < -0.39 is 0 Å². The van der Waals surface area contributed by atoms with Crippen molar-refractivity contribution in [3.63, 3.8) is 0 Å². The summed E-state index contributed by atoms with van der Waals surface area (Å²) in [7, 11) is 0. The highest BCUT2D eigenvalue weighted by Gasteiger charge is 2.28. The van der Waals surface area contributed by atoms with Crippen LogP contribution in [0.25, 0.3) is 0 Å². The third-order valence-corrected chi connectivity index (χ3v) is 3.94. The van der Waals surface area contributed by atoms with Gasteiger partial charge in [-0.15, -0.1) is 12.6 Å². The van der Waals surface area contributed by atoms with Crippen molar-refractivity contribution in [2.45, 2.75) is 24.7 Å². The number of anilines is 1. The van der Waals surface area contributed by atoms with Gasteiger partial charge in [0.05, 0.1) is 18.2 Å². The second-order valence-electron chi connectivity index (χ2n) is 4.96. The average molecular weight is 308 g/mol. The van der Waals surface area contributed by atoms with Crippen LogP contribution in [-0.4, -0.2) is 36.6 Å². The Hall–Kier alpha value is -1.69. The van der Waals surface area contributed by atoms with Gasteiger partial charge in [-0.3, -0.25) is 4.79 Å². The van der Waals surface area contributed by atoms with E-state index in [0.29, 0.717) is 38.2 Å². The van der Waals surface area contributed by atoms with Gasteiger partial charge in [-0.1, -0.05) is 12.1 Å². The van der Waals surface area contributed by atoms with E-state index in [1.165, 1.54) is 0 Å². The van der Waals surface area contributed by atoms with E-state index in [4.69, 9.17) is 4.74 Å². The molecule has 6 heteroatoms. The van der Waals surface area contributed by atoms with Gasteiger partial charge in [0, 0.05) is 18.0 Å². The molecule has 0 aromatic heterocycles. The van der Waals surface area contributed by atoms with Crippen LogP contribution in [0.1, 0.15) is 19.8 Å². The van der Waals surface area contributed by atoms with Crippen LogP contribution >= 0.6 is 12.6 Å². The van der Waals surface area contributed by atoms with Crippen molar-refractivity contribution < 1.29 is 14.3 Å². The van der Waals surface area contributed by atoms with Gasteiger partial charge in [0.1, 0.15) is 0 Å². The van der Waals surface area contributed by atoms with Crippen molar-refractivity contribution in [1.82, 2.24) is 4.90 Å². The monoisotopic (exact) mass is 308 g/mol. The standard InChI is InChI=1S/C15H20N2O3S/c1-2-20-14(18)11-7-9-17(10-8-11)15(19)16-12-5-3-4-6-13(12)21/h3-6,11,21H,2,7-10H2,1H3,(H,16,19). The van der Waals surface area contributed by atoms with Gasteiger partial charge >= 0.3 is 12.0 Å². The molecule has 0 bridgehead atoms. The number of rotatable bonds is 3. The molecule has 0 unspecified atom stereocenters. The molecule has 114 valence electrons. The number of piperidine rings is 1. The normalized spacial score (nSPS) is 15.6. The minimum Gasteiger partial charge on any atom is -0.466 e. The van der Waals surface area contributed by atoms with Gasteiger partial charge in [0.15, 0.2) is 0 Å². The number of para-hydroxylation sites is 1. The number of thiol groups is 1. The zero-order valence-corrected chi connectivity index (χ0v) is 12.9. The van der Waals surface area contributed by atoms with E-state index in [1.807, 2.05) is 24.3 Å². The van der Waals surface area contributed by atoms with E-state index in [1.54, 1.807) is 11.8 Å².